The highest BCUT2D eigenvalue weighted by Gasteiger charge is 2.25. The van der Waals surface area contributed by atoms with Gasteiger partial charge in [0.1, 0.15) is 6.04 Å². The van der Waals surface area contributed by atoms with Crippen molar-refractivity contribution in [3.63, 3.8) is 0 Å². The summed E-state index contributed by atoms with van der Waals surface area (Å²) < 4.78 is 15.8. The van der Waals surface area contributed by atoms with Gasteiger partial charge in [-0.05, 0) is 24.1 Å². The number of rotatable bonds is 10. The summed E-state index contributed by atoms with van der Waals surface area (Å²) in [7, 11) is 4.46. The Morgan fingerprint density at radius 2 is 1.70 bits per heavy atom. The van der Waals surface area contributed by atoms with E-state index in [1.165, 1.54) is 45.7 Å². The fraction of sp³-hybridized carbons (Fsp3) is 0.318. The Bertz CT molecular complexity index is 1030. The number of nitro groups is 1. The van der Waals surface area contributed by atoms with Crippen LogP contribution in [0.15, 0.2) is 41.5 Å². The van der Waals surface area contributed by atoms with Gasteiger partial charge in [-0.25, -0.2) is 5.43 Å². The normalized spacial score (nSPS) is 11.7. The molecule has 2 N–H and O–H groups in total. The van der Waals surface area contributed by atoms with Gasteiger partial charge in [0.05, 0.1) is 32.5 Å². The van der Waals surface area contributed by atoms with E-state index in [1.807, 2.05) is 0 Å². The van der Waals surface area contributed by atoms with Crippen molar-refractivity contribution in [3.05, 3.63) is 57.6 Å². The van der Waals surface area contributed by atoms with Gasteiger partial charge in [-0.2, -0.15) is 5.10 Å². The maximum absolute atomic E-state index is 12.6. The Balaban J connectivity index is 2.13. The Morgan fingerprint density at radius 3 is 2.21 bits per heavy atom. The maximum Gasteiger partial charge on any atom is 0.270 e. The molecule has 2 aromatic carbocycles. The third kappa shape index (κ3) is 6.42. The first kappa shape index (κ1) is 25.1. The molecule has 33 heavy (non-hydrogen) atoms. The first-order valence-corrected chi connectivity index (χ1v) is 9.90. The van der Waals surface area contributed by atoms with Crippen molar-refractivity contribution >= 4 is 23.7 Å². The zero-order valence-corrected chi connectivity index (χ0v) is 18.9. The zero-order chi connectivity index (χ0) is 24.5. The van der Waals surface area contributed by atoms with Crippen molar-refractivity contribution in [2.45, 2.75) is 19.9 Å². The second kappa shape index (κ2) is 11.5. The van der Waals surface area contributed by atoms with Crippen molar-refractivity contribution in [3.8, 4) is 17.2 Å². The molecular formula is C22H26N4O7. The summed E-state index contributed by atoms with van der Waals surface area (Å²) in [5.74, 6) is -0.162. The standard InChI is InChI=1S/C22H26N4O7/c1-13(2)19(24-21(27)15-7-6-8-16(11-15)26(29)30)22(28)25-23-12-14-9-17(31-3)20(33-5)18(10-14)32-4/h6-13,19H,1-5H3,(H,24,27)(H,25,28)/b23-12-/t19-/m1/s1. The molecule has 2 rings (SSSR count). The van der Waals surface area contributed by atoms with Crippen LogP contribution in [0.3, 0.4) is 0 Å². The van der Waals surface area contributed by atoms with Crippen molar-refractivity contribution in [2.75, 3.05) is 21.3 Å². The minimum absolute atomic E-state index is 0.0728. The summed E-state index contributed by atoms with van der Waals surface area (Å²) in [5, 5.41) is 17.5. The van der Waals surface area contributed by atoms with E-state index in [0.717, 1.165) is 6.07 Å². The third-order valence-corrected chi connectivity index (χ3v) is 4.63. The number of carbonyl (C=O) groups is 2. The predicted molar refractivity (Wildman–Crippen MR) is 121 cm³/mol. The van der Waals surface area contributed by atoms with Gasteiger partial charge in [-0.15, -0.1) is 0 Å². The van der Waals surface area contributed by atoms with Crippen LogP contribution in [0, 0.1) is 16.0 Å². The van der Waals surface area contributed by atoms with E-state index >= 15 is 0 Å². The molecule has 176 valence electrons. The molecule has 0 aliphatic heterocycles. The van der Waals surface area contributed by atoms with Crippen LogP contribution in [0.4, 0.5) is 5.69 Å². The zero-order valence-electron chi connectivity index (χ0n) is 18.9. The van der Waals surface area contributed by atoms with Crippen LogP contribution >= 0.6 is 0 Å². The van der Waals surface area contributed by atoms with Crippen LogP contribution in [0.1, 0.15) is 29.8 Å². The summed E-state index contributed by atoms with van der Waals surface area (Å²) in [6, 6.07) is 7.64. The van der Waals surface area contributed by atoms with Gasteiger partial charge in [-0.3, -0.25) is 19.7 Å². The van der Waals surface area contributed by atoms with Crippen LogP contribution < -0.4 is 25.0 Å². The first-order chi connectivity index (χ1) is 15.7. The molecule has 0 saturated carbocycles. The van der Waals surface area contributed by atoms with E-state index in [-0.39, 0.29) is 17.2 Å². The maximum atomic E-state index is 12.6. The van der Waals surface area contributed by atoms with E-state index < -0.39 is 22.8 Å². The highest BCUT2D eigenvalue weighted by atomic mass is 16.6. The van der Waals surface area contributed by atoms with Crippen LogP contribution in [-0.4, -0.2) is 50.3 Å². The summed E-state index contributed by atoms with van der Waals surface area (Å²) in [4.78, 5) is 35.5. The Hall–Kier alpha value is -4.15. The third-order valence-electron chi connectivity index (χ3n) is 4.63. The number of non-ortho nitro benzene ring substituents is 1. The predicted octanol–water partition coefficient (Wildman–Crippen LogP) is 2.53. The molecule has 0 fully saturated rings. The minimum Gasteiger partial charge on any atom is -0.493 e. The van der Waals surface area contributed by atoms with Gasteiger partial charge in [-0.1, -0.05) is 19.9 Å². The summed E-state index contributed by atoms with van der Waals surface area (Å²) in [5.41, 5.74) is 2.83. The number of nitro benzene ring substituents is 1. The smallest absolute Gasteiger partial charge is 0.270 e. The van der Waals surface area contributed by atoms with Gasteiger partial charge >= 0.3 is 0 Å². The number of amides is 2. The van der Waals surface area contributed by atoms with E-state index in [9.17, 15) is 19.7 Å². The van der Waals surface area contributed by atoms with Crippen molar-refractivity contribution < 1.29 is 28.7 Å². The van der Waals surface area contributed by atoms with Crippen molar-refractivity contribution in [2.24, 2.45) is 11.0 Å². The molecule has 0 aliphatic rings. The molecule has 2 amide bonds. The number of nitrogens with one attached hydrogen (secondary N) is 2. The molecule has 0 heterocycles. The van der Waals surface area contributed by atoms with Gasteiger partial charge in [0.25, 0.3) is 17.5 Å². The van der Waals surface area contributed by atoms with E-state index in [4.69, 9.17) is 14.2 Å². The topological polar surface area (TPSA) is 141 Å². The van der Waals surface area contributed by atoms with E-state index in [2.05, 4.69) is 15.8 Å². The first-order valence-electron chi connectivity index (χ1n) is 9.90. The fourth-order valence-electron chi connectivity index (χ4n) is 2.94. The number of hydrogen-bond acceptors (Lipinski definition) is 8. The lowest BCUT2D eigenvalue weighted by Gasteiger charge is -2.20. The molecule has 0 spiro atoms. The fourth-order valence-corrected chi connectivity index (χ4v) is 2.94. The van der Waals surface area contributed by atoms with Crippen molar-refractivity contribution in [1.82, 2.24) is 10.7 Å². The second-order valence-electron chi connectivity index (χ2n) is 7.20. The lowest BCUT2D eigenvalue weighted by molar-refractivity contribution is -0.384. The largest absolute Gasteiger partial charge is 0.493 e. The van der Waals surface area contributed by atoms with Gasteiger partial charge in [0.15, 0.2) is 11.5 Å². The number of carbonyl (C=O) groups excluding carboxylic acids is 2. The molecule has 11 heteroatoms. The quantitative estimate of drug-likeness (QED) is 0.316. The number of hydrazone groups is 1. The minimum atomic E-state index is -0.922. The van der Waals surface area contributed by atoms with Crippen LogP contribution in [-0.2, 0) is 4.79 Å². The molecule has 0 unspecified atom stereocenters. The Kier molecular flexibility index (Phi) is 8.72. The average molecular weight is 458 g/mol. The number of benzene rings is 2. The molecular weight excluding hydrogens is 432 g/mol. The molecule has 2 aromatic rings. The molecule has 1 atom stereocenters. The summed E-state index contributed by atoms with van der Waals surface area (Å²) in [6.07, 6.45) is 1.39. The monoisotopic (exact) mass is 458 g/mol. The summed E-state index contributed by atoms with van der Waals surface area (Å²) in [6.45, 7) is 3.50. The van der Waals surface area contributed by atoms with Gasteiger partial charge in [0.2, 0.25) is 5.75 Å². The lowest BCUT2D eigenvalue weighted by Crippen LogP contribution is -2.48. The van der Waals surface area contributed by atoms with E-state index in [0.29, 0.717) is 22.8 Å². The molecule has 0 bridgehead atoms. The number of ether oxygens (including phenoxy) is 3. The molecule has 0 saturated heterocycles. The highest BCUT2D eigenvalue weighted by Crippen LogP contribution is 2.37. The van der Waals surface area contributed by atoms with Crippen molar-refractivity contribution in [1.29, 1.82) is 0 Å². The molecule has 0 aliphatic carbocycles. The van der Waals surface area contributed by atoms with Crippen LogP contribution in [0.25, 0.3) is 0 Å². The lowest BCUT2D eigenvalue weighted by atomic mass is 10.0. The van der Waals surface area contributed by atoms with Gasteiger partial charge < -0.3 is 19.5 Å². The van der Waals surface area contributed by atoms with Crippen LogP contribution in [0.5, 0.6) is 17.2 Å². The molecule has 0 aromatic heterocycles. The van der Waals surface area contributed by atoms with Crippen LogP contribution in [0.2, 0.25) is 0 Å². The number of nitrogens with zero attached hydrogens (tertiary/aromatic N) is 2. The molecule has 11 nitrogen and oxygen atoms in total. The summed E-state index contributed by atoms with van der Waals surface area (Å²) >= 11 is 0. The van der Waals surface area contributed by atoms with Gasteiger partial charge in [0, 0.05) is 23.3 Å². The SMILES string of the molecule is COc1cc(/C=N\NC(=O)[C@H](NC(=O)c2cccc([N+](=O)[O-])c2)C(C)C)cc(OC)c1OC. The Labute approximate surface area is 190 Å². The average Bonchev–Trinajstić information content (AvgIpc) is 2.81. The second-order valence-corrected chi connectivity index (χ2v) is 7.20. The number of hydrogen-bond donors (Lipinski definition) is 2. The molecule has 0 radical (unpaired) electrons. The highest BCUT2D eigenvalue weighted by molar-refractivity contribution is 5.98. The number of methoxy groups -OCH3 is 3. The van der Waals surface area contributed by atoms with E-state index in [1.54, 1.807) is 26.0 Å². The Morgan fingerprint density at radius 1 is 1.06 bits per heavy atom.